The number of rotatable bonds is 16. The van der Waals surface area contributed by atoms with E-state index in [4.69, 9.17) is 0 Å². The lowest BCUT2D eigenvalue weighted by molar-refractivity contribution is -0.137. The number of ether oxygens (including phenoxy) is 1. The molecule has 1 saturated carbocycles. The van der Waals surface area contributed by atoms with E-state index in [1.807, 2.05) is 12.2 Å². The Morgan fingerprint density at radius 3 is 2.63 bits per heavy atom. The van der Waals surface area contributed by atoms with Gasteiger partial charge in [0.2, 0.25) is 0 Å². The van der Waals surface area contributed by atoms with Gasteiger partial charge in [-0.05, 0) is 37.4 Å². The van der Waals surface area contributed by atoms with Crippen LogP contribution in [0.2, 0.25) is 0 Å². The van der Waals surface area contributed by atoms with Crippen LogP contribution in [0.4, 0.5) is 0 Å². The molecule has 0 spiro atoms. The fourth-order valence-corrected chi connectivity index (χ4v) is 4.99. The van der Waals surface area contributed by atoms with E-state index in [0.717, 1.165) is 37.9 Å². The molecule has 0 radical (unpaired) electrons. The standard InChI is InChI=1S/C24H42O5S/c1-4-6-7-9-14-24(28,5-2)15-11-13-20-19(21(25)17-22(20)26)12-8-10-16-30-18-23(27)29-3/h5,11,13,19-22,25-26,28H,2,4,6-10,12,14-18H2,1,3H3/t19-,20-,21+,22-,24?/m1/s1. The van der Waals surface area contributed by atoms with Crippen LogP contribution in [0.3, 0.4) is 0 Å². The van der Waals surface area contributed by atoms with Crippen molar-refractivity contribution in [3.8, 4) is 0 Å². The van der Waals surface area contributed by atoms with E-state index in [-0.39, 0.29) is 17.8 Å². The summed E-state index contributed by atoms with van der Waals surface area (Å²) in [5, 5.41) is 31.5. The average molecular weight is 443 g/mol. The highest BCUT2D eigenvalue weighted by Gasteiger charge is 2.39. The van der Waals surface area contributed by atoms with Gasteiger partial charge in [-0.15, -0.1) is 6.58 Å². The Bertz CT molecular complexity index is 524. The summed E-state index contributed by atoms with van der Waals surface area (Å²) in [7, 11) is 1.39. The fraction of sp³-hybridized carbons (Fsp3) is 0.792. The highest BCUT2D eigenvalue weighted by Crippen LogP contribution is 2.37. The Hall–Kier alpha value is -0.820. The molecule has 0 heterocycles. The van der Waals surface area contributed by atoms with Gasteiger partial charge in [-0.3, -0.25) is 4.79 Å². The molecule has 5 atom stereocenters. The highest BCUT2D eigenvalue weighted by molar-refractivity contribution is 7.99. The molecule has 0 aromatic rings. The summed E-state index contributed by atoms with van der Waals surface area (Å²) in [4.78, 5) is 11.1. The van der Waals surface area contributed by atoms with Gasteiger partial charge in [-0.2, -0.15) is 11.8 Å². The van der Waals surface area contributed by atoms with Crippen LogP contribution in [0.1, 0.15) is 71.1 Å². The van der Waals surface area contributed by atoms with Crippen molar-refractivity contribution >= 4 is 17.7 Å². The maximum Gasteiger partial charge on any atom is 0.315 e. The fourth-order valence-electron chi connectivity index (χ4n) is 4.15. The third-order valence-electron chi connectivity index (χ3n) is 6.11. The summed E-state index contributed by atoms with van der Waals surface area (Å²) in [6.07, 6.45) is 13.3. The van der Waals surface area contributed by atoms with Crippen LogP contribution in [0.5, 0.6) is 0 Å². The first-order valence-corrected chi connectivity index (χ1v) is 12.6. The zero-order valence-corrected chi connectivity index (χ0v) is 19.6. The second-order valence-corrected chi connectivity index (χ2v) is 9.59. The van der Waals surface area contributed by atoms with Gasteiger partial charge in [0.25, 0.3) is 0 Å². The average Bonchev–Trinajstić information content (AvgIpc) is 3.00. The van der Waals surface area contributed by atoms with Crippen molar-refractivity contribution in [2.45, 2.75) is 88.9 Å². The van der Waals surface area contributed by atoms with E-state index in [9.17, 15) is 20.1 Å². The van der Waals surface area contributed by atoms with Crippen LogP contribution in [0, 0.1) is 11.8 Å². The maximum absolute atomic E-state index is 11.1. The number of thioether (sulfide) groups is 1. The summed E-state index contributed by atoms with van der Waals surface area (Å²) in [6.45, 7) is 5.97. The van der Waals surface area contributed by atoms with Crippen molar-refractivity contribution < 1.29 is 24.9 Å². The van der Waals surface area contributed by atoms with E-state index in [1.54, 1.807) is 17.8 Å². The first kappa shape index (κ1) is 27.2. The molecule has 1 fully saturated rings. The molecular weight excluding hydrogens is 400 g/mol. The number of aliphatic hydroxyl groups is 3. The quantitative estimate of drug-likeness (QED) is 0.188. The monoisotopic (exact) mass is 442 g/mol. The van der Waals surface area contributed by atoms with Crippen LogP contribution in [-0.2, 0) is 9.53 Å². The van der Waals surface area contributed by atoms with Gasteiger partial charge < -0.3 is 20.1 Å². The molecule has 0 aliphatic heterocycles. The summed E-state index contributed by atoms with van der Waals surface area (Å²) in [5.74, 6) is 0.993. The second kappa shape index (κ2) is 15.1. The van der Waals surface area contributed by atoms with Crippen molar-refractivity contribution in [1.82, 2.24) is 0 Å². The van der Waals surface area contributed by atoms with Gasteiger partial charge in [0.1, 0.15) is 0 Å². The number of unbranched alkanes of at least 4 members (excludes halogenated alkanes) is 4. The molecule has 0 amide bonds. The predicted molar refractivity (Wildman–Crippen MR) is 124 cm³/mol. The number of carbonyl (C=O) groups is 1. The van der Waals surface area contributed by atoms with E-state index in [1.165, 1.54) is 20.0 Å². The number of hydrogen-bond donors (Lipinski definition) is 3. The molecule has 6 heteroatoms. The SMILES string of the molecule is C=CC(O)(CC=C[C@@H]1[C@@H](CCCCSCC(=O)OC)[C@@H](O)C[C@H]1O)CCCCCC. The minimum Gasteiger partial charge on any atom is -0.468 e. The van der Waals surface area contributed by atoms with Crippen molar-refractivity contribution in [1.29, 1.82) is 0 Å². The molecule has 174 valence electrons. The zero-order valence-electron chi connectivity index (χ0n) is 18.8. The van der Waals surface area contributed by atoms with Crippen molar-refractivity contribution in [3.63, 3.8) is 0 Å². The Labute approximate surface area is 187 Å². The minimum absolute atomic E-state index is 0.0308. The van der Waals surface area contributed by atoms with Crippen molar-refractivity contribution in [3.05, 3.63) is 24.8 Å². The summed E-state index contributed by atoms with van der Waals surface area (Å²) < 4.78 is 4.63. The topological polar surface area (TPSA) is 87.0 Å². The van der Waals surface area contributed by atoms with E-state index in [0.29, 0.717) is 25.0 Å². The number of aliphatic hydroxyl groups excluding tert-OH is 2. The Kier molecular flexibility index (Phi) is 13.7. The molecule has 1 unspecified atom stereocenters. The molecule has 0 saturated heterocycles. The second-order valence-electron chi connectivity index (χ2n) is 8.49. The smallest absolute Gasteiger partial charge is 0.315 e. The van der Waals surface area contributed by atoms with Crippen LogP contribution in [0.25, 0.3) is 0 Å². The Morgan fingerprint density at radius 1 is 1.20 bits per heavy atom. The third-order valence-corrected chi connectivity index (χ3v) is 7.13. The summed E-state index contributed by atoms with van der Waals surface area (Å²) in [6, 6.07) is 0. The summed E-state index contributed by atoms with van der Waals surface area (Å²) in [5.41, 5.74) is -0.904. The third kappa shape index (κ3) is 9.99. The number of esters is 1. The lowest BCUT2D eigenvalue weighted by Crippen LogP contribution is -2.25. The van der Waals surface area contributed by atoms with Crippen molar-refractivity contribution in [2.24, 2.45) is 11.8 Å². The van der Waals surface area contributed by atoms with E-state index >= 15 is 0 Å². The normalized spacial score (nSPS) is 26.0. The molecule has 0 bridgehead atoms. The molecule has 0 aromatic heterocycles. The number of methoxy groups -OCH3 is 1. The molecule has 1 aliphatic carbocycles. The molecule has 3 N–H and O–H groups in total. The van der Waals surface area contributed by atoms with Gasteiger partial charge in [0, 0.05) is 12.3 Å². The predicted octanol–water partition coefficient (Wildman–Crippen LogP) is 4.25. The van der Waals surface area contributed by atoms with E-state index < -0.39 is 17.8 Å². The molecule has 0 aromatic carbocycles. The van der Waals surface area contributed by atoms with Crippen LogP contribution in [-0.4, -0.2) is 57.7 Å². The van der Waals surface area contributed by atoms with Crippen molar-refractivity contribution in [2.75, 3.05) is 18.6 Å². The first-order valence-electron chi connectivity index (χ1n) is 11.4. The lowest BCUT2D eigenvalue weighted by Gasteiger charge is -2.24. The van der Waals surface area contributed by atoms with Crippen LogP contribution < -0.4 is 0 Å². The van der Waals surface area contributed by atoms with Gasteiger partial charge >= 0.3 is 5.97 Å². The zero-order chi connectivity index (χ0) is 22.4. The first-order chi connectivity index (χ1) is 14.4. The van der Waals surface area contributed by atoms with Gasteiger partial charge in [0.05, 0.1) is 30.7 Å². The largest absolute Gasteiger partial charge is 0.468 e. The minimum atomic E-state index is -0.904. The molecule has 1 aliphatic rings. The van der Waals surface area contributed by atoms with Gasteiger partial charge in [-0.25, -0.2) is 0 Å². The molecular formula is C24H42O5S. The number of carbonyl (C=O) groups excluding carboxylic acids is 1. The van der Waals surface area contributed by atoms with Gasteiger partial charge in [-0.1, -0.05) is 57.3 Å². The highest BCUT2D eigenvalue weighted by atomic mass is 32.2. The molecule has 30 heavy (non-hydrogen) atoms. The van der Waals surface area contributed by atoms with Gasteiger partial charge in [0.15, 0.2) is 0 Å². The Balaban J connectivity index is 2.46. The lowest BCUT2D eigenvalue weighted by atomic mass is 9.87. The molecule has 5 nitrogen and oxygen atoms in total. The van der Waals surface area contributed by atoms with E-state index in [2.05, 4.69) is 18.2 Å². The maximum atomic E-state index is 11.1. The van der Waals surface area contributed by atoms with Crippen LogP contribution >= 0.6 is 11.8 Å². The van der Waals surface area contributed by atoms with Crippen LogP contribution in [0.15, 0.2) is 24.8 Å². The summed E-state index contributed by atoms with van der Waals surface area (Å²) >= 11 is 1.56. The Morgan fingerprint density at radius 2 is 1.97 bits per heavy atom. The molecule has 1 rings (SSSR count). The number of hydrogen-bond acceptors (Lipinski definition) is 6.